The van der Waals surface area contributed by atoms with Crippen molar-refractivity contribution in [3.63, 3.8) is 0 Å². The van der Waals surface area contributed by atoms with Crippen LogP contribution in [-0.2, 0) is 5.41 Å². The van der Waals surface area contributed by atoms with Gasteiger partial charge in [-0.3, -0.25) is 4.90 Å². The third-order valence-electron chi connectivity index (χ3n) is 3.74. The maximum absolute atomic E-state index is 6.07. The fraction of sp³-hybridized carbons (Fsp3) is 0.733. The van der Waals surface area contributed by atoms with E-state index in [0.717, 1.165) is 13.1 Å². The maximum atomic E-state index is 6.07. The number of hydrogen-bond donors (Lipinski definition) is 1. The highest BCUT2D eigenvalue weighted by Gasteiger charge is 2.28. The van der Waals surface area contributed by atoms with E-state index in [1.54, 1.807) is 0 Å². The first-order valence-corrected chi connectivity index (χ1v) is 9.04. The Hall–Kier alpha value is -0.0300. The van der Waals surface area contributed by atoms with Crippen LogP contribution in [0, 0.1) is 0 Å². The van der Waals surface area contributed by atoms with Crippen LogP contribution in [0.5, 0.6) is 0 Å². The van der Waals surface area contributed by atoms with Crippen LogP contribution < -0.4 is 5.73 Å². The number of nitrogens with zero attached hydrogens (tertiary/aromatic N) is 1. The third-order valence-corrected chi connectivity index (χ3v) is 6.54. The van der Waals surface area contributed by atoms with Gasteiger partial charge in [0.05, 0.1) is 6.04 Å². The summed E-state index contributed by atoms with van der Waals surface area (Å²) in [6, 6.07) is 5.60. The number of thioether (sulfide) groups is 1. The number of hydrogen-bond acceptors (Lipinski definition) is 4. The van der Waals surface area contributed by atoms with Crippen molar-refractivity contribution in [3.05, 3.63) is 21.9 Å². The minimum Gasteiger partial charge on any atom is -0.329 e. The zero-order chi connectivity index (χ0) is 14.0. The van der Waals surface area contributed by atoms with Gasteiger partial charge in [-0.2, -0.15) is 11.8 Å². The summed E-state index contributed by atoms with van der Waals surface area (Å²) in [5.41, 5.74) is 6.32. The van der Waals surface area contributed by atoms with Gasteiger partial charge in [0.1, 0.15) is 0 Å². The topological polar surface area (TPSA) is 29.3 Å². The van der Waals surface area contributed by atoms with Gasteiger partial charge in [-0.05, 0) is 24.5 Å². The van der Waals surface area contributed by atoms with Crippen LogP contribution in [0.25, 0.3) is 0 Å². The summed E-state index contributed by atoms with van der Waals surface area (Å²) >= 11 is 4.00. The molecule has 0 aromatic carbocycles. The smallest absolute Gasteiger partial charge is 0.0567 e. The molecule has 0 radical (unpaired) electrons. The molecule has 0 aliphatic carbocycles. The van der Waals surface area contributed by atoms with Crippen molar-refractivity contribution in [2.75, 3.05) is 24.6 Å². The molecule has 1 saturated heterocycles. The molecule has 108 valence electrons. The molecule has 4 heteroatoms. The van der Waals surface area contributed by atoms with E-state index >= 15 is 0 Å². The Morgan fingerprint density at radius 2 is 2.16 bits per heavy atom. The summed E-state index contributed by atoms with van der Waals surface area (Å²) in [5, 5.41) is 0. The Morgan fingerprint density at radius 1 is 1.42 bits per heavy atom. The minimum absolute atomic E-state index is 0.241. The monoisotopic (exact) mass is 298 g/mol. The van der Waals surface area contributed by atoms with Crippen LogP contribution in [0.15, 0.2) is 12.1 Å². The first kappa shape index (κ1) is 15.4. The lowest BCUT2D eigenvalue weighted by atomic mass is 9.95. The van der Waals surface area contributed by atoms with Crippen LogP contribution in [-0.4, -0.2) is 35.5 Å². The second-order valence-electron chi connectivity index (χ2n) is 6.37. The molecule has 2 N–H and O–H groups in total. The fourth-order valence-electron chi connectivity index (χ4n) is 2.55. The predicted molar refractivity (Wildman–Crippen MR) is 88.3 cm³/mol. The molecule has 0 bridgehead atoms. The Labute approximate surface area is 125 Å². The Morgan fingerprint density at radius 3 is 2.68 bits per heavy atom. The van der Waals surface area contributed by atoms with E-state index in [2.05, 4.69) is 56.5 Å². The summed E-state index contributed by atoms with van der Waals surface area (Å²) in [7, 11) is 0. The van der Waals surface area contributed by atoms with Crippen molar-refractivity contribution >= 4 is 23.1 Å². The van der Waals surface area contributed by atoms with Crippen molar-refractivity contribution in [2.24, 2.45) is 5.73 Å². The molecular formula is C15H26N2S2. The maximum Gasteiger partial charge on any atom is 0.0567 e. The normalized spacial score (nSPS) is 23.5. The summed E-state index contributed by atoms with van der Waals surface area (Å²) in [6.07, 6.45) is 0. The Bertz CT molecular complexity index is 409. The lowest BCUT2D eigenvalue weighted by molar-refractivity contribution is 0.168. The summed E-state index contributed by atoms with van der Waals surface area (Å²) in [6.45, 7) is 11.0. The zero-order valence-corrected chi connectivity index (χ0v) is 14.1. The quantitative estimate of drug-likeness (QED) is 0.926. The molecule has 0 saturated carbocycles. The molecule has 2 unspecified atom stereocenters. The molecule has 1 aromatic heterocycles. The van der Waals surface area contributed by atoms with E-state index in [-0.39, 0.29) is 5.41 Å². The van der Waals surface area contributed by atoms with Gasteiger partial charge < -0.3 is 5.73 Å². The van der Waals surface area contributed by atoms with Crippen LogP contribution in [0.3, 0.4) is 0 Å². The van der Waals surface area contributed by atoms with Crippen LogP contribution in [0.2, 0.25) is 0 Å². The highest BCUT2D eigenvalue weighted by molar-refractivity contribution is 7.99. The molecule has 0 spiro atoms. The lowest BCUT2D eigenvalue weighted by Crippen LogP contribution is -2.44. The van der Waals surface area contributed by atoms with Crippen LogP contribution >= 0.6 is 23.1 Å². The molecule has 19 heavy (non-hydrogen) atoms. The molecule has 0 amide bonds. The largest absolute Gasteiger partial charge is 0.329 e. The lowest BCUT2D eigenvalue weighted by Gasteiger charge is -2.38. The van der Waals surface area contributed by atoms with Gasteiger partial charge in [0.25, 0.3) is 0 Å². The van der Waals surface area contributed by atoms with Gasteiger partial charge in [-0.15, -0.1) is 11.3 Å². The van der Waals surface area contributed by atoms with Gasteiger partial charge >= 0.3 is 0 Å². The van der Waals surface area contributed by atoms with Gasteiger partial charge in [0, 0.05) is 40.4 Å². The fourth-order valence-corrected chi connectivity index (χ4v) is 4.79. The average molecular weight is 299 g/mol. The minimum atomic E-state index is 0.241. The molecule has 1 aromatic rings. The summed E-state index contributed by atoms with van der Waals surface area (Å²) < 4.78 is 0. The van der Waals surface area contributed by atoms with Gasteiger partial charge in [0.2, 0.25) is 0 Å². The van der Waals surface area contributed by atoms with Gasteiger partial charge in [-0.25, -0.2) is 0 Å². The second-order valence-corrected chi connectivity index (χ2v) is 8.63. The molecule has 2 atom stereocenters. The Balaban J connectivity index is 2.19. The zero-order valence-electron chi connectivity index (χ0n) is 12.5. The standard InChI is InChI=1S/C15H26N2S2/c1-11-10-18-8-7-17(11)12(9-16)13-5-6-14(19-13)15(2,3)4/h5-6,11-12H,7-10,16H2,1-4H3. The molecule has 2 nitrogen and oxygen atoms in total. The van der Waals surface area contributed by atoms with E-state index in [9.17, 15) is 0 Å². The predicted octanol–water partition coefficient (Wildman–Crippen LogP) is 3.48. The molecule has 1 aliphatic rings. The van der Waals surface area contributed by atoms with E-state index in [1.807, 2.05) is 11.3 Å². The summed E-state index contributed by atoms with van der Waals surface area (Å²) in [5.74, 6) is 2.46. The highest BCUT2D eigenvalue weighted by atomic mass is 32.2. The second kappa shape index (κ2) is 6.17. The molecular weight excluding hydrogens is 272 g/mol. The van der Waals surface area contributed by atoms with E-state index in [4.69, 9.17) is 5.73 Å². The van der Waals surface area contributed by atoms with E-state index in [0.29, 0.717) is 12.1 Å². The first-order chi connectivity index (χ1) is 8.93. The van der Waals surface area contributed by atoms with Crippen molar-refractivity contribution in [1.82, 2.24) is 4.90 Å². The van der Waals surface area contributed by atoms with E-state index < -0.39 is 0 Å². The van der Waals surface area contributed by atoms with Crippen LogP contribution in [0.1, 0.15) is 43.5 Å². The molecule has 2 rings (SSSR count). The molecule has 1 fully saturated rings. The number of nitrogens with two attached hydrogens (primary N) is 1. The van der Waals surface area contributed by atoms with Crippen molar-refractivity contribution in [2.45, 2.75) is 45.2 Å². The average Bonchev–Trinajstić information content (AvgIpc) is 2.82. The highest BCUT2D eigenvalue weighted by Crippen LogP contribution is 2.35. The Kier molecular flexibility index (Phi) is 4.99. The van der Waals surface area contributed by atoms with Gasteiger partial charge in [-0.1, -0.05) is 20.8 Å². The SMILES string of the molecule is CC1CSCCN1C(CN)c1ccc(C(C)(C)C)s1. The van der Waals surface area contributed by atoms with Gasteiger partial charge in [0.15, 0.2) is 0 Å². The number of thiophene rings is 1. The third kappa shape index (κ3) is 3.54. The molecule has 2 heterocycles. The van der Waals surface area contributed by atoms with E-state index in [1.165, 1.54) is 21.3 Å². The molecule has 1 aliphatic heterocycles. The van der Waals surface area contributed by atoms with Crippen molar-refractivity contribution in [3.8, 4) is 0 Å². The summed E-state index contributed by atoms with van der Waals surface area (Å²) in [4.78, 5) is 5.49. The number of rotatable bonds is 3. The van der Waals surface area contributed by atoms with Crippen LogP contribution in [0.4, 0.5) is 0 Å². The van der Waals surface area contributed by atoms with Crippen molar-refractivity contribution in [1.29, 1.82) is 0 Å². The first-order valence-electron chi connectivity index (χ1n) is 7.07. The van der Waals surface area contributed by atoms with Crippen molar-refractivity contribution < 1.29 is 0 Å².